The first-order valence-corrected chi connectivity index (χ1v) is 9.58. The van der Waals surface area contributed by atoms with Crippen LogP contribution in [0.25, 0.3) is 22.6 Å². The normalized spacial score (nSPS) is 11.3. The summed E-state index contributed by atoms with van der Waals surface area (Å²) >= 11 is 0. The van der Waals surface area contributed by atoms with E-state index in [1.807, 2.05) is 91.0 Å². The van der Waals surface area contributed by atoms with Gasteiger partial charge in [0.2, 0.25) is 0 Å². The fraction of sp³-hybridized carbons (Fsp3) is 0.0400. The SMILES string of the molecule is NNC(=O)/C(=C/c1ccccc1)c1ccc(OCc2ccc3ccccc3n2)cc1. The third-order valence-electron chi connectivity index (χ3n) is 4.69. The lowest BCUT2D eigenvalue weighted by atomic mass is 10.0. The highest BCUT2D eigenvalue weighted by atomic mass is 16.5. The Bertz CT molecular complexity index is 1190. The highest BCUT2D eigenvalue weighted by Crippen LogP contribution is 2.22. The summed E-state index contributed by atoms with van der Waals surface area (Å²) in [6.07, 6.45) is 1.80. The van der Waals surface area contributed by atoms with Crippen molar-refractivity contribution < 1.29 is 9.53 Å². The number of hydrogen-bond donors (Lipinski definition) is 2. The summed E-state index contributed by atoms with van der Waals surface area (Å²) in [6, 6.07) is 28.9. The zero-order valence-corrected chi connectivity index (χ0v) is 16.3. The fourth-order valence-electron chi connectivity index (χ4n) is 3.15. The van der Waals surface area contributed by atoms with Gasteiger partial charge in [-0.25, -0.2) is 10.8 Å². The number of hydrogen-bond acceptors (Lipinski definition) is 4. The van der Waals surface area contributed by atoms with Gasteiger partial charge in [-0.1, -0.05) is 66.7 Å². The third kappa shape index (κ3) is 4.54. The van der Waals surface area contributed by atoms with Crippen LogP contribution < -0.4 is 16.0 Å². The first kappa shape index (κ1) is 19.4. The molecule has 0 saturated heterocycles. The standard InChI is InChI=1S/C25H21N3O2/c26-28-25(29)23(16-18-6-2-1-3-7-18)19-11-14-22(15-12-19)30-17-21-13-10-20-8-4-5-9-24(20)27-21/h1-16H,17,26H2,(H,28,29)/b23-16+. The van der Waals surface area contributed by atoms with Crippen molar-refractivity contribution in [2.45, 2.75) is 6.61 Å². The quantitative estimate of drug-likeness (QED) is 0.167. The summed E-state index contributed by atoms with van der Waals surface area (Å²) in [4.78, 5) is 16.9. The second-order valence-corrected chi connectivity index (χ2v) is 6.75. The first-order chi connectivity index (χ1) is 14.7. The van der Waals surface area contributed by atoms with Gasteiger partial charge in [-0.3, -0.25) is 10.2 Å². The van der Waals surface area contributed by atoms with Crippen LogP contribution in [0.3, 0.4) is 0 Å². The number of carbonyl (C=O) groups excluding carboxylic acids is 1. The lowest BCUT2D eigenvalue weighted by molar-refractivity contribution is -0.115. The molecule has 3 aromatic carbocycles. The summed E-state index contributed by atoms with van der Waals surface area (Å²) in [6.45, 7) is 0.361. The zero-order chi connectivity index (χ0) is 20.8. The predicted molar refractivity (Wildman–Crippen MR) is 119 cm³/mol. The second-order valence-electron chi connectivity index (χ2n) is 6.75. The van der Waals surface area contributed by atoms with E-state index in [1.54, 1.807) is 6.08 Å². The minimum absolute atomic E-state index is 0.354. The maximum absolute atomic E-state index is 12.3. The molecule has 0 aliphatic carbocycles. The lowest BCUT2D eigenvalue weighted by Crippen LogP contribution is -2.30. The molecule has 0 saturated carbocycles. The number of nitrogens with zero attached hydrogens (tertiary/aromatic N) is 1. The van der Waals surface area contributed by atoms with Gasteiger partial charge in [-0.15, -0.1) is 0 Å². The summed E-state index contributed by atoms with van der Waals surface area (Å²) in [7, 11) is 0. The second kappa shape index (κ2) is 9.03. The molecule has 1 amide bonds. The van der Waals surface area contributed by atoms with E-state index in [0.717, 1.165) is 27.7 Å². The minimum atomic E-state index is -0.354. The van der Waals surface area contributed by atoms with Crippen molar-refractivity contribution in [1.82, 2.24) is 10.4 Å². The van der Waals surface area contributed by atoms with Crippen molar-refractivity contribution in [1.29, 1.82) is 0 Å². The molecule has 0 atom stereocenters. The van der Waals surface area contributed by atoms with Gasteiger partial charge in [-0.2, -0.15) is 0 Å². The van der Waals surface area contributed by atoms with E-state index in [0.29, 0.717) is 17.9 Å². The molecule has 1 heterocycles. The molecule has 5 heteroatoms. The number of pyridine rings is 1. The van der Waals surface area contributed by atoms with Gasteiger partial charge in [0.25, 0.3) is 5.91 Å². The van der Waals surface area contributed by atoms with Crippen molar-refractivity contribution >= 4 is 28.5 Å². The maximum Gasteiger partial charge on any atom is 0.265 e. The van der Waals surface area contributed by atoms with E-state index < -0.39 is 0 Å². The van der Waals surface area contributed by atoms with E-state index in [2.05, 4.69) is 10.4 Å². The Balaban J connectivity index is 1.50. The Kier molecular flexibility index (Phi) is 5.83. The van der Waals surface area contributed by atoms with Crippen LogP contribution >= 0.6 is 0 Å². The molecule has 0 aliphatic rings. The van der Waals surface area contributed by atoms with Crippen LogP contribution in [-0.4, -0.2) is 10.9 Å². The Labute approximate surface area is 174 Å². The average Bonchev–Trinajstić information content (AvgIpc) is 2.81. The largest absolute Gasteiger partial charge is 0.487 e. The number of nitrogens with one attached hydrogen (secondary N) is 1. The van der Waals surface area contributed by atoms with E-state index in [1.165, 1.54) is 0 Å². The number of carbonyl (C=O) groups is 1. The Hall–Kier alpha value is -3.96. The monoisotopic (exact) mass is 395 g/mol. The molecule has 148 valence electrons. The van der Waals surface area contributed by atoms with E-state index >= 15 is 0 Å². The van der Waals surface area contributed by atoms with Gasteiger partial charge in [0, 0.05) is 11.0 Å². The molecule has 0 bridgehead atoms. The molecule has 1 aromatic heterocycles. The molecule has 4 aromatic rings. The summed E-state index contributed by atoms with van der Waals surface area (Å²) < 4.78 is 5.87. The number of para-hydroxylation sites is 1. The first-order valence-electron chi connectivity index (χ1n) is 9.58. The van der Waals surface area contributed by atoms with Crippen molar-refractivity contribution in [2.75, 3.05) is 0 Å². The number of nitrogens with two attached hydrogens (primary N) is 1. The molecule has 3 N–H and O–H groups in total. The number of aromatic nitrogens is 1. The molecule has 5 nitrogen and oxygen atoms in total. The van der Waals surface area contributed by atoms with Gasteiger partial charge in [-0.05, 0) is 41.5 Å². The van der Waals surface area contributed by atoms with Gasteiger partial charge >= 0.3 is 0 Å². The van der Waals surface area contributed by atoms with Gasteiger partial charge < -0.3 is 4.74 Å². The molecule has 0 unspecified atom stereocenters. The molecular weight excluding hydrogens is 374 g/mol. The Morgan fingerprint density at radius 1 is 0.900 bits per heavy atom. The summed E-state index contributed by atoms with van der Waals surface area (Å²) in [5, 5.41) is 1.10. The molecule has 30 heavy (non-hydrogen) atoms. The van der Waals surface area contributed by atoms with Crippen molar-refractivity contribution in [3.8, 4) is 5.75 Å². The molecule has 0 aliphatic heterocycles. The van der Waals surface area contributed by atoms with E-state index in [9.17, 15) is 4.79 Å². The third-order valence-corrected chi connectivity index (χ3v) is 4.69. The fourth-order valence-corrected chi connectivity index (χ4v) is 3.15. The number of fused-ring (bicyclic) bond motifs is 1. The Morgan fingerprint density at radius 3 is 2.40 bits per heavy atom. The van der Waals surface area contributed by atoms with Crippen LogP contribution in [0.4, 0.5) is 0 Å². The zero-order valence-electron chi connectivity index (χ0n) is 16.3. The Morgan fingerprint density at radius 2 is 1.63 bits per heavy atom. The molecule has 0 radical (unpaired) electrons. The number of rotatable bonds is 6. The van der Waals surface area contributed by atoms with Crippen LogP contribution in [-0.2, 0) is 11.4 Å². The average molecular weight is 395 g/mol. The van der Waals surface area contributed by atoms with Crippen molar-refractivity contribution in [3.05, 3.63) is 108 Å². The van der Waals surface area contributed by atoms with E-state index in [4.69, 9.17) is 10.6 Å². The minimum Gasteiger partial charge on any atom is -0.487 e. The van der Waals surface area contributed by atoms with Gasteiger partial charge in [0.1, 0.15) is 12.4 Å². The number of amides is 1. The molecule has 0 fully saturated rings. The lowest BCUT2D eigenvalue weighted by Gasteiger charge is -2.10. The number of ether oxygens (including phenoxy) is 1. The van der Waals surface area contributed by atoms with Crippen molar-refractivity contribution in [2.24, 2.45) is 5.84 Å². The molecular formula is C25H21N3O2. The van der Waals surface area contributed by atoms with E-state index in [-0.39, 0.29) is 5.91 Å². The topological polar surface area (TPSA) is 77.2 Å². The number of benzene rings is 3. The van der Waals surface area contributed by atoms with Crippen LogP contribution in [0.2, 0.25) is 0 Å². The molecule has 0 spiro atoms. The predicted octanol–water partition coefficient (Wildman–Crippen LogP) is 4.34. The molecule has 4 rings (SSSR count). The smallest absolute Gasteiger partial charge is 0.265 e. The summed E-state index contributed by atoms with van der Waals surface area (Å²) in [5.74, 6) is 5.71. The van der Waals surface area contributed by atoms with Gasteiger partial charge in [0.05, 0.1) is 11.2 Å². The number of hydrazine groups is 1. The van der Waals surface area contributed by atoms with Crippen LogP contribution in [0, 0.1) is 0 Å². The highest BCUT2D eigenvalue weighted by Gasteiger charge is 2.11. The van der Waals surface area contributed by atoms with Crippen LogP contribution in [0.5, 0.6) is 5.75 Å². The highest BCUT2D eigenvalue weighted by molar-refractivity contribution is 6.24. The van der Waals surface area contributed by atoms with Crippen LogP contribution in [0.1, 0.15) is 16.8 Å². The maximum atomic E-state index is 12.3. The van der Waals surface area contributed by atoms with Crippen LogP contribution in [0.15, 0.2) is 91.0 Å². The van der Waals surface area contributed by atoms with Crippen molar-refractivity contribution in [3.63, 3.8) is 0 Å². The summed E-state index contributed by atoms with van der Waals surface area (Å²) in [5.41, 5.74) is 6.15. The van der Waals surface area contributed by atoms with Gasteiger partial charge in [0.15, 0.2) is 0 Å².